The normalized spacial score (nSPS) is 17.8. The zero-order valence-electron chi connectivity index (χ0n) is 10.9. The molecule has 1 N–H and O–H groups in total. The average Bonchev–Trinajstić information content (AvgIpc) is 2.37. The zero-order valence-corrected chi connectivity index (χ0v) is 12.5. The van der Waals surface area contributed by atoms with Crippen LogP contribution in [-0.2, 0) is 0 Å². The highest BCUT2D eigenvalue weighted by Gasteiger charge is 2.35. The van der Waals surface area contributed by atoms with Crippen molar-refractivity contribution in [3.8, 4) is 0 Å². The lowest BCUT2D eigenvalue weighted by molar-refractivity contribution is -0.148. The molecule has 0 bridgehead atoms. The fourth-order valence-corrected chi connectivity index (χ4v) is 2.35. The van der Waals surface area contributed by atoms with Crippen molar-refractivity contribution in [2.24, 2.45) is 0 Å². The molecule has 0 unspecified atom stereocenters. The number of halogens is 5. The van der Waals surface area contributed by atoms with Gasteiger partial charge in [-0.3, -0.25) is 4.90 Å². The second-order valence-electron chi connectivity index (χ2n) is 4.53. The van der Waals surface area contributed by atoms with Crippen molar-refractivity contribution in [2.45, 2.75) is 18.6 Å². The van der Waals surface area contributed by atoms with Crippen molar-refractivity contribution in [1.82, 2.24) is 10.2 Å². The van der Waals surface area contributed by atoms with E-state index >= 15 is 0 Å². The van der Waals surface area contributed by atoms with Gasteiger partial charge in [0.15, 0.2) is 0 Å². The maximum absolute atomic E-state index is 12.7. The van der Waals surface area contributed by atoms with Gasteiger partial charge in [-0.1, -0.05) is 30.3 Å². The molecule has 116 valence electrons. The minimum Gasteiger partial charge on any atom is -0.314 e. The van der Waals surface area contributed by atoms with E-state index in [0.717, 1.165) is 18.7 Å². The van der Waals surface area contributed by atoms with Gasteiger partial charge in [0.05, 0.1) is 6.42 Å². The van der Waals surface area contributed by atoms with Gasteiger partial charge in [0.25, 0.3) is 0 Å². The smallest absolute Gasteiger partial charge is 0.314 e. The first-order chi connectivity index (χ1) is 8.56. The first-order valence-electron chi connectivity index (χ1n) is 6.13. The third kappa shape index (κ3) is 5.87. The number of hydrogen-bond donors (Lipinski definition) is 1. The second-order valence-corrected chi connectivity index (χ2v) is 4.53. The Kier molecular flexibility index (Phi) is 8.51. The molecule has 2 rings (SSSR count). The van der Waals surface area contributed by atoms with Crippen LogP contribution in [0.25, 0.3) is 0 Å². The van der Waals surface area contributed by atoms with Crippen LogP contribution >= 0.6 is 24.8 Å². The summed E-state index contributed by atoms with van der Waals surface area (Å²) in [7, 11) is 0. The Morgan fingerprint density at radius 2 is 1.60 bits per heavy atom. The third-order valence-electron chi connectivity index (χ3n) is 3.20. The molecule has 0 saturated carbocycles. The number of nitrogens with zero attached hydrogens (tertiary/aromatic N) is 1. The van der Waals surface area contributed by atoms with E-state index in [2.05, 4.69) is 5.32 Å². The van der Waals surface area contributed by atoms with E-state index in [1.165, 1.54) is 0 Å². The molecule has 0 aliphatic carbocycles. The SMILES string of the molecule is Cl.Cl.FC(F)(F)C[C@H](c1ccccc1)N1CCNCC1. The van der Waals surface area contributed by atoms with E-state index in [-0.39, 0.29) is 24.8 Å². The number of piperazine rings is 1. The maximum atomic E-state index is 12.7. The number of benzene rings is 1. The first-order valence-corrected chi connectivity index (χ1v) is 6.13. The van der Waals surface area contributed by atoms with E-state index < -0.39 is 18.6 Å². The minimum absolute atomic E-state index is 0. The predicted octanol–water partition coefficient (Wildman–Crippen LogP) is 3.43. The van der Waals surface area contributed by atoms with Crippen LogP contribution < -0.4 is 5.32 Å². The van der Waals surface area contributed by atoms with Crippen LogP contribution in [0.3, 0.4) is 0 Å². The Bertz CT molecular complexity index is 368. The lowest BCUT2D eigenvalue weighted by atomic mass is 10.0. The Morgan fingerprint density at radius 3 is 2.10 bits per heavy atom. The molecule has 1 aliphatic rings. The Morgan fingerprint density at radius 1 is 1.05 bits per heavy atom. The van der Waals surface area contributed by atoms with E-state index in [1.54, 1.807) is 24.3 Å². The largest absolute Gasteiger partial charge is 0.390 e. The fraction of sp³-hybridized carbons (Fsp3) is 0.538. The van der Waals surface area contributed by atoms with Gasteiger partial charge < -0.3 is 5.32 Å². The fourth-order valence-electron chi connectivity index (χ4n) is 2.35. The highest BCUT2D eigenvalue weighted by molar-refractivity contribution is 5.85. The number of rotatable bonds is 3. The molecular weight excluding hydrogens is 312 g/mol. The molecule has 1 aromatic rings. The van der Waals surface area contributed by atoms with Crippen LogP contribution in [0.1, 0.15) is 18.0 Å². The molecule has 2 nitrogen and oxygen atoms in total. The van der Waals surface area contributed by atoms with Crippen molar-refractivity contribution < 1.29 is 13.2 Å². The summed E-state index contributed by atoms with van der Waals surface area (Å²) in [6.07, 6.45) is -4.91. The molecule has 1 atom stereocenters. The van der Waals surface area contributed by atoms with Gasteiger partial charge in [-0.05, 0) is 5.56 Å². The molecular formula is C13H19Cl2F3N2. The van der Waals surface area contributed by atoms with Crippen LogP contribution in [0.4, 0.5) is 13.2 Å². The number of alkyl halides is 3. The van der Waals surface area contributed by atoms with Gasteiger partial charge in [0.1, 0.15) is 0 Å². The first kappa shape index (κ1) is 19.5. The summed E-state index contributed by atoms with van der Waals surface area (Å²) in [5, 5.41) is 3.16. The van der Waals surface area contributed by atoms with E-state index in [1.807, 2.05) is 11.0 Å². The Labute approximate surface area is 129 Å². The molecule has 0 spiro atoms. The molecule has 20 heavy (non-hydrogen) atoms. The lowest BCUT2D eigenvalue weighted by Crippen LogP contribution is -2.46. The van der Waals surface area contributed by atoms with Crippen molar-refractivity contribution in [3.63, 3.8) is 0 Å². The van der Waals surface area contributed by atoms with Crippen LogP contribution in [0.15, 0.2) is 30.3 Å². The standard InChI is InChI=1S/C13H17F3N2.2ClH/c14-13(15,16)10-12(11-4-2-1-3-5-11)18-8-6-17-7-9-18;;/h1-5,12,17H,6-10H2;2*1H/t12-;;/m1../s1. The predicted molar refractivity (Wildman–Crippen MR) is 78.8 cm³/mol. The van der Waals surface area contributed by atoms with Gasteiger partial charge in [0.2, 0.25) is 0 Å². The number of nitrogens with one attached hydrogen (secondary N) is 1. The average molecular weight is 331 g/mol. The van der Waals surface area contributed by atoms with Gasteiger partial charge in [-0.25, -0.2) is 0 Å². The topological polar surface area (TPSA) is 15.3 Å². The van der Waals surface area contributed by atoms with Crippen LogP contribution in [0, 0.1) is 0 Å². The summed E-state index contributed by atoms with van der Waals surface area (Å²) in [4.78, 5) is 1.92. The Hall–Kier alpha value is -0.490. The summed E-state index contributed by atoms with van der Waals surface area (Å²) < 4.78 is 38.1. The van der Waals surface area contributed by atoms with E-state index in [9.17, 15) is 13.2 Å². The molecule has 1 fully saturated rings. The molecule has 1 aromatic carbocycles. The van der Waals surface area contributed by atoms with Gasteiger partial charge in [0, 0.05) is 32.2 Å². The summed E-state index contributed by atoms with van der Waals surface area (Å²) >= 11 is 0. The number of hydrogen-bond acceptors (Lipinski definition) is 2. The van der Waals surface area contributed by atoms with Gasteiger partial charge >= 0.3 is 6.18 Å². The molecule has 0 amide bonds. The van der Waals surface area contributed by atoms with Crippen LogP contribution in [0.5, 0.6) is 0 Å². The monoisotopic (exact) mass is 330 g/mol. The summed E-state index contributed by atoms with van der Waals surface area (Å²) in [5.74, 6) is 0. The quantitative estimate of drug-likeness (QED) is 0.913. The second kappa shape index (κ2) is 8.72. The molecule has 1 heterocycles. The van der Waals surface area contributed by atoms with Crippen LogP contribution in [-0.4, -0.2) is 37.3 Å². The van der Waals surface area contributed by atoms with Crippen molar-refractivity contribution in [3.05, 3.63) is 35.9 Å². The van der Waals surface area contributed by atoms with Crippen molar-refractivity contribution in [2.75, 3.05) is 26.2 Å². The molecule has 1 saturated heterocycles. The highest BCUT2D eigenvalue weighted by Crippen LogP contribution is 2.33. The molecule has 1 aliphatic heterocycles. The molecule has 0 aromatic heterocycles. The minimum atomic E-state index is -4.13. The lowest BCUT2D eigenvalue weighted by Gasteiger charge is -2.35. The van der Waals surface area contributed by atoms with Gasteiger partial charge in [-0.15, -0.1) is 24.8 Å². The van der Waals surface area contributed by atoms with E-state index in [4.69, 9.17) is 0 Å². The summed E-state index contributed by atoms with van der Waals surface area (Å²) in [6, 6.07) is 8.40. The molecule has 7 heteroatoms. The van der Waals surface area contributed by atoms with Crippen LogP contribution in [0.2, 0.25) is 0 Å². The van der Waals surface area contributed by atoms with Crippen molar-refractivity contribution >= 4 is 24.8 Å². The summed E-state index contributed by atoms with van der Waals surface area (Å²) in [5.41, 5.74) is 0.747. The Balaban J connectivity index is 0.00000180. The highest BCUT2D eigenvalue weighted by atomic mass is 35.5. The summed E-state index contributed by atoms with van der Waals surface area (Å²) in [6.45, 7) is 2.83. The maximum Gasteiger partial charge on any atom is 0.390 e. The zero-order chi connectivity index (χ0) is 13.0. The van der Waals surface area contributed by atoms with Gasteiger partial charge in [-0.2, -0.15) is 13.2 Å². The van der Waals surface area contributed by atoms with Crippen molar-refractivity contribution in [1.29, 1.82) is 0 Å². The third-order valence-corrected chi connectivity index (χ3v) is 3.20. The van der Waals surface area contributed by atoms with E-state index in [0.29, 0.717) is 13.1 Å². The molecule has 0 radical (unpaired) electrons.